The van der Waals surface area contributed by atoms with Crippen molar-refractivity contribution in [1.29, 1.82) is 5.26 Å². The number of thioether (sulfide) groups is 1. The smallest absolute Gasteiger partial charge is 0.185 e. The number of rotatable bonds is 6. The van der Waals surface area contributed by atoms with Gasteiger partial charge in [0.05, 0.1) is 16.8 Å². The Hall–Kier alpha value is -2.26. The van der Waals surface area contributed by atoms with Gasteiger partial charge in [0.2, 0.25) is 0 Å². The zero-order chi connectivity index (χ0) is 17.0. The fourth-order valence-electron chi connectivity index (χ4n) is 2.28. The van der Waals surface area contributed by atoms with Gasteiger partial charge in [0.15, 0.2) is 10.9 Å². The molecule has 0 fully saturated rings. The second-order valence-corrected chi connectivity index (χ2v) is 6.71. The normalized spacial score (nSPS) is 12.3. The van der Waals surface area contributed by atoms with Crippen LogP contribution in [0, 0.1) is 17.2 Å². The first-order valence-corrected chi connectivity index (χ1v) is 8.40. The van der Waals surface area contributed by atoms with E-state index in [1.54, 1.807) is 6.92 Å². The number of ketones is 1. The minimum Gasteiger partial charge on any atom is -0.401 e. The van der Waals surface area contributed by atoms with Crippen LogP contribution in [-0.2, 0) is 11.3 Å². The Morgan fingerprint density at radius 3 is 2.74 bits per heavy atom. The van der Waals surface area contributed by atoms with Gasteiger partial charge in [0.25, 0.3) is 0 Å². The lowest BCUT2D eigenvalue weighted by Crippen LogP contribution is -2.11. The van der Waals surface area contributed by atoms with E-state index in [1.165, 1.54) is 11.8 Å². The van der Waals surface area contributed by atoms with Crippen LogP contribution in [0.25, 0.3) is 11.0 Å². The summed E-state index contributed by atoms with van der Waals surface area (Å²) in [4.78, 5) is 16.7. The molecule has 0 aliphatic rings. The number of hydrogen-bond donors (Lipinski definition) is 1. The molecule has 0 bridgehead atoms. The van der Waals surface area contributed by atoms with Crippen molar-refractivity contribution >= 4 is 28.6 Å². The van der Waals surface area contributed by atoms with Gasteiger partial charge in [0.1, 0.15) is 11.6 Å². The Balaban J connectivity index is 2.28. The van der Waals surface area contributed by atoms with E-state index in [0.29, 0.717) is 5.92 Å². The third kappa shape index (κ3) is 3.93. The second-order valence-electron chi connectivity index (χ2n) is 5.77. The molecule has 0 atom stereocenters. The molecule has 1 heterocycles. The van der Waals surface area contributed by atoms with E-state index in [2.05, 4.69) is 23.4 Å². The minimum atomic E-state index is -0.263. The fourth-order valence-corrected chi connectivity index (χ4v) is 3.17. The van der Waals surface area contributed by atoms with E-state index < -0.39 is 0 Å². The molecular formula is C17H20N4OS. The number of hydrogen-bond acceptors (Lipinski definition) is 5. The van der Waals surface area contributed by atoms with Crippen molar-refractivity contribution in [2.24, 2.45) is 11.7 Å². The lowest BCUT2D eigenvalue weighted by Gasteiger charge is -2.11. The molecule has 0 radical (unpaired) electrons. The van der Waals surface area contributed by atoms with E-state index >= 15 is 0 Å². The zero-order valence-corrected chi connectivity index (χ0v) is 14.4. The van der Waals surface area contributed by atoms with Crippen molar-refractivity contribution in [3.05, 3.63) is 35.5 Å². The highest BCUT2D eigenvalue weighted by molar-refractivity contribution is 7.99. The number of fused-ring (bicyclic) bond motifs is 1. The van der Waals surface area contributed by atoms with Gasteiger partial charge in [0, 0.05) is 12.2 Å². The molecule has 0 amide bonds. The zero-order valence-electron chi connectivity index (χ0n) is 13.5. The summed E-state index contributed by atoms with van der Waals surface area (Å²) in [5, 5.41) is 9.81. The first-order chi connectivity index (χ1) is 10.9. The van der Waals surface area contributed by atoms with Gasteiger partial charge in [-0.15, -0.1) is 0 Å². The molecule has 0 unspecified atom stereocenters. The molecule has 0 saturated heterocycles. The summed E-state index contributed by atoms with van der Waals surface area (Å²) in [5.41, 5.74) is 7.84. The van der Waals surface area contributed by atoms with Crippen molar-refractivity contribution < 1.29 is 4.79 Å². The van der Waals surface area contributed by atoms with Crippen LogP contribution in [0.3, 0.4) is 0 Å². The number of allylic oxidation sites excluding steroid dienone is 2. The number of imidazole rings is 1. The Bertz CT molecular complexity index is 795. The van der Waals surface area contributed by atoms with Gasteiger partial charge in [-0.1, -0.05) is 37.7 Å². The van der Waals surface area contributed by atoms with Crippen molar-refractivity contribution in [3.63, 3.8) is 0 Å². The predicted octanol–water partition coefficient (Wildman–Crippen LogP) is 3.11. The summed E-state index contributed by atoms with van der Waals surface area (Å²) in [5.74, 6) is 0.350. The van der Waals surface area contributed by atoms with E-state index in [0.717, 1.165) is 22.7 Å². The Kier molecular flexibility index (Phi) is 5.45. The number of nitrogens with two attached hydrogens (primary N) is 1. The summed E-state index contributed by atoms with van der Waals surface area (Å²) in [6, 6.07) is 9.79. The van der Waals surface area contributed by atoms with Gasteiger partial charge in [-0.2, -0.15) is 5.26 Å². The average Bonchev–Trinajstić information content (AvgIpc) is 2.83. The van der Waals surface area contributed by atoms with Crippen LogP contribution < -0.4 is 5.73 Å². The fraction of sp³-hybridized carbons (Fsp3) is 0.353. The molecule has 6 heteroatoms. The average molecular weight is 328 g/mol. The van der Waals surface area contributed by atoms with Crippen LogP contribution in [0.5, 0.6) is 0 Å². The molecule has 2 aromatic rings. The van der Waals surface area contributed by atoms with Crippen LogP contribution in [0.15, 0.2) is 40.7 Å². The minimum absolute atomic E-state index is 0.0315. The maximum Gasteiger partial charge on any atom is 0.185 e. The van der Waals surface area contributed by atoms with E-state index in [4.69, 9.17) is 11.0 Å². The number of carbonyl (C=O) groups is 1. The second kappa shape index (κ2) is 7.34. The van der Waals surface area contributed by atoms with Gasteiger partial charge >= 0.3 is 0 Å². The molecule has 1 aromatic heterocycles. The van der Waals surface area contributed by atoms with Crippen molar-refractivity contribution in [2.75, 3.05) is 5.75 Å². The molecular weight excluding hydrogens is 308 g/mol. The Morgan fingerprint density at radius 2 is 2.13 bits per heavy atom. The number of nitriles is 1. The maximum atomic E-state index is 12.1. The summed E-state index contributed by atoms with van der Waals surface area (Å²) >= 11 is 1.35. The van der Waals surface area contributed by atoms with Gasteiger partial charge in [-0.3, -0.25) is 4.79 Å². The van der Waals surface area contributed by atoms with Gasteiger partial charge in [-0.05, 0) is 25.0 Å². The molecule has 0 aliphatic carbocycles. The third-order valence-electron chi connectivity index (χ3n) is 3.28. The standard InChI is InChI=1S/C17H20N4OS/c1-11(2)9-21-15-7-5-4-6-14(15)20-17(21)23-10-16(22)13(8-18)12(3)19/h4-7,11H,9-10,19H2,1-3H3/b13-12+. The highest BCUT2D eigenvalue weighted by atomic mass is 32.2. The predicted molar refractivity (Wildman–Crippen MR) is 92.8 cm³/mol. The quantitative estimate of drug-likeness (QED) is 0.500. The van der Waals surface area contributed by atoms with Crippen LogP contribution in [0.4, 0.5) is 0 Å². The van der Waals surface area contributed by atoms with Gasteiger partial charge < -0.3 is 10.3 Å². The lowest BCUT2D eigenvalue weighted by atomic mass is 10.2. The Labute approximate surface area is 140 Å². The Morgan fingerprint density at radius 1 is 1.43 bits per heavy atom. The highest BCUT2D eigenvalue weighted by Gasteiger charge is 2.16. The number of aromatic nitrogens is 2. The topological polar surface area (TPSA) is 84.7 Å². The molecule has 2 rings (SSSR count). The van der Waals surface area contributed by atoms with Crippen LogP contribution in [-0.4, -0.2) is 21.1 Å². The summed E-state index contributed by atoms with van der Waals surface area (Å²) in [7, 11) is 0. The molecule has 2 N–H and O–H groups in total. The van der Waals surface area contributed by atoms with Crippen molar-refractivity contribution in [3.8, 4) is 6.07 Å². The number of nitrogens with zero attached hydrogens (tertiary/aromatic N) is 3. The monoisotopic (exact) mass is 328 g/mol. The maximum absolute atomic E-state index is 12.1. The summed E-state index contributed by atoms with van der Waals surface area (Å²) < 4.78 is 2.13. The van der Waals surface area contributed by atoms with Crippen molar-refractivity contribution in [1.82, 2.24) is 9.55 Å². The molecule has 0 saturated carbocycles. The SMILES string of the molecule is C/C(N)=C(/C#N)C(=O)CSc1nc2ccccc2n1CC(C)C. The highest BCUT2D eigenvalue weighted by Crippen LogP contribution is 2.25. The van der Waals surface area contributed by atoms with Crippen LogP contribution in [0.1, 0.15) is 20.8 Å². The van der Waals surface area contributed by atoms with E-state index in [1.807, 2.05) is 30.3 Å². The van der Waals surface area contributed by atoms with Crippen molar-refractivity contribution in [2.45, 2.75) is 32.5 Å². The molecule has 1 aromatic carbocycles. The van der Waals surface area contributed by atoms with E-state index in [-0.39, 0.29) is 22.8 Å². The van der Waals surface area contributed by atoms with Gasteiger partial charge in [-0.25, -0.2) is 4.98 Å². The van der Waals surface area contributed by atoms with Crippen LogP contribution in [0.2, 0.25) is 0 Å². The molecule has 5 nitrogen and oxygen atoms in total. The molecule has 120 valence electrons. The number of para-hydroxylation sites is 2. The summed E-state index contributed by atoms with van der Waals surface area (Å²) in [6.07, 6.45) is 0. The largest absolute Gasteiger partial charge is 0.401 e. The summed E-state index contributed by atoms with van der Waals surface area (Å²) in [6.45, 7) is 6.67. The molecule has 23 heavy (non-hydrogen) atoms. The first-order valence-electron chi connectivity index (χ1n) is 7.41. The first kappa shape index (κ1) is 17.1. The number of Topliss-reactive ketones (excluding diaryl/α,β-unsaturated/α-hetero) is 1. The van der Waals surface area contributed by atoms with E-state index in [9.17, 15) is 4.79 Å². The molecule has 0 spiro atoms. The molecule has 0 aliphatic heterocycles. The lowest BCUT2D eigenvalue weighted by molar-refractivity contribution is -0.112. The van der Waals surface area contributed by atoms with Crippen LogP contribution >= 0.6 is 11.8 Å². The number of benzene rings is 1. The third-order valence-corrected chi connectivity index (χ3v) is 4.26. The number of carbonyl (C=O) groups excluding carboxylic acids is 1.